The van der Waals surface area contributed by atoms with Crippen LogP contribution in [0, 0.1) is 10.1 Å². The van der Waals surface area contributed by atoms with Crippen LogP contribution in [0.15, 0.2) is 6.07 Å². The van der Waals surface area contributed by atoms with Gasteiger partial charge in [-0.1, -0.05) is 0 Å². The number of benzene rings is 1. The molecule has 0 unspecified atom stereocenters. The number of carbonyl (C=O) groups is 1. The number of carboxylic acid groups (broad SMARTS) is 1. The first-order valence-corrected chi connectivity index (χ1v) is 3.51. The maximum atomic E-state index is 10.5. The number of hydrogen-bond acceptors (Lipinski definition) is 6. The number of nitro groups is 1. The Balaban J connectivity index is 3.63. The lowest BCUT2D eigenvalue weighted by atomic mass is 10.1. The minimum absolute atomic E-state index is 0.514. The highest BCUT2D eigenvalue weighted by Crippen LogP contribution is 2.44. The molecule has 1 aromatic rings. The fraction of sp³-hybridized carbons (Fsp3) is 0. The number of hydrogen-bond donors (Lipinski definition) is 4. The number of nitrogens with zero attached hydrogens (tertiary/aromatic N) is 1. The van der Waals surface area contributed by atoms with Crippen molar-refractivity contribution in [3.8, 4) is 17.2 Å². The van der Waals surface area contributed by atoms with Crippen LogP contribution in [0.25, 0.3) is 0 Å². The van der Waals surface area contributed by atoms with E-state index in [0.717, 1.165) is 0 Å². The van der Waals surface area contributed by atoms with Crippen LogP contribution in [-0.2, 0) is 0 Å². The number of phenolic OH excluding ortho intramolecular Hbond substituents is 2. The molecular weight excluding hydrogens is 210 g/mol. The summed E-state index contributed by atoms with van der Waals surface area (Å²) in [5.74, 6) is -5.03. The molecule has 0 amide bonds. The van der Waals surface area contributed by atoms with E-state index in [1.165, 1.54) is 0 Å². The number of aromatic carboxylic acids is 1. The number of rotatable bonds is 2. The van der Waals surface area contributed by atoms with Crippen molar-refractivity contribution in [2.75, 3.05) is 0 Å². The van der Waals surface area contributed by atoms with Crippen molar-refractivity contribution in [2.24, 2.45) is 0 Å². The molecule has 4 N–H and O–H groups in total. The van der Waals surface area contributed by atoms with Gasteiger partial charge < -0.3 is 20.4 Å². The van der Waals surface area contributed by atoms with Crippen molar-refractivity contribution in [3.63, 3.8) is 0 Å². The summed E-state index contributed by atoms with van der Waals surface area (Å²) in [7, 11) is 0. The van der Waals surface area contributed by atoms with E-state index in [-0.39, 0.29) is 0 Å². The SMILES string of the molecule is O=C(O)c1cc(O)c(O)c([N+](=O)[O-])c1O. The Morgan fingerprint density at radius 3 is 2.20 bits per heavy atom. The van der Waals surface area contributed by atoms with Crippen LogP contribution in [0.1, 0.15) is 10.4 Å². The van der Waals surface area contributed by atoms with E-state index >= 15 is 0 Å². The molecule has 0 radical (unpaired) electrons. The minimum atomic E-state index is -1.66. The highest BCUT2D eigenvalue weighted by molar-refractivity contribution is 5.94. The third-order valence-corrected chi connectivity index (χ3v) is 1.64. The molecule has 0 atom stereocenters. The van der Waals surface area contributed by atoms with Gasteiger partial charge in [0.15, 0.2) is 5.75 Å². The van der Waals surface area contributed by atoms with Gasteiger partial charge in [0.2, 0.25) is 11.5 Å². The summed E-state index contributed by atoms with van der Waals surface area (Å²) >= 11 is 0. The van der Waals surface area contributed by atoms with Crippen LogP contribution in [0.4, 0.5) is 5.69 Å². The first kappa shape index (κ1) is 10.6. The summed E-state index contributed by atoms with van der Waals surface area (Å²) in [5, 5.41) is 46.0. The average molecular weight is 215 g/mol. The molecule has 0 saturated heterocycles. The molecule has 0 fully saturated rings. The third kappa shape index (κ3) is 1.59. The predicted molar refractivity (Wildman–Crippen MR) is 45.1 cm³/mol. The van der Waals surface area contributed by atoms with E-state index in [1.807, 2.05) is 0 Å². The number of phenols is 3. The molecule has 0 aliphatic rings. The summed E-state index contributed by atoms with van der Waals surface area (Å²) < 4.78 is 0. The lowest BCUT2D eigenvalue weighted by molar-refractivity contribution is -0.387. The van der Waals surface area contributed by atoms with Crippen molar-refractivity contribution in [1.82, 2.24) is 0 Å². The highest BCUT2D eigenvalue weighted by Gasteiger charge is 2.29. The molecule has 8 nitrogen and oxygen atoms in total. The maximum Gasteiger partial charge on any atom is 0.356 e. The largest absolute Gasteiger partial charge is 0.504 e. The molecule has 0 heterocycles. The van der Waals surface area contributed by atoms with Crippen molar-refractivity contribution < 1.29 is 30.1 Å². The molecule has 0 aromatic heterocycles. The Hall–Kier alpha value is -2.51. The van der Waals surface area contributed by atoms with E-state index in [9.17, 15) is 14.9 Å². The zero-order valence-corrected chi connectivity index (χ0v) is 7.04. The Morgan fingerprint density at radius 2 is 1.80 bits per heavy atom. The molecule has 80 valence electrons. The molecule has 0 saturated carbocycles. The van der Waals surface area contributed by atoms with Crippen molar-refractivity contribution in [1.29, 1.82) is 0 Å². The quantitative estimate of drug-likeness (QED) is 0.242. The van der Waals surface area contributed by atoms with E-state index in [2.05, 4.69) is 0 Å². The van der Waals surface area contributed by atoms with E-state index < -0.39 is 39.4 Å². The van der Waals surface area contributed by atoms with Gasteiger partial charge in [-0.15, -0.1) is 0 Å². The smallest absolute Gasteiger partial charge is 0.356 e. The fourth-order valence-corrected chi connectivity index (χ4v) is 0.970. The molecule has 1 rings (SSSR count). The average Bonchev–Trinajstić information content (AvgIpc) is 2.10. The zero-order chi connectivity index (χ0) is 11.7. The van der Waals surface area contributed by atoms with Gasteiger partial charge in [0.25, 0.3) is 0 Å². The van der Waals surface area contributed by atoms with E-state index in [1.54, 1.807) is 0 Å². The predicted octanol–water partition coefficient (Wildman–Crippen LogP) is 0.410. The molecule has 0 aliphatic carbocycles. The number of nitro benzene ring substituents is 1. The summed E-state index contributed by atoms with van der Waals surface area (Å²) in [4.78, 5) is 19.6. The lowest BCUT2D eigenvalue weighted by Gasteiger charge is -2.04. The van der Waals surface area contributed by atoms with Crippen LogP contribution in [0.2, 0.25) is 0 Å². The summed E-state index contributed by atoms with van der Waals surface area (Å²) in [6.45, 7) is 0. The Kier molecular flexibility index (Phi) is 2.35. The summed E-state index contributed by atoms with van der Waals surface area (Å²) in [6, 6.07) is 0.514. The topological polar surface area (TPSA) is 141 Å². The maximum absolute atomic E-state index is 10.5. The summed E-state index contributed by atoms with van der Waals surface area (Å²) in [6.07, 6.45) is 0. The second kappa shape index (κ2) is 3.33. The van der Waals surface area contributed by atoms with E-state index in [4.69, 9.17) is 20.4 Å². The Labute approximate surface area is 81.8 Å². The van der Waals surface area contributed by atoms with Crippen LogP contribution >= 0.6 is 0 Å². The minimum Gasteiger partial charge on any atom is -0.504 e. The second-order valence-corrected chi connectivity index (χ2v) is 2.55. The first-order valence-electron chi connectivity index (χ1n) is 3.51. The van der Waals surface area contributed by atoms with Crippen molar-refractivity contribution >= 4 is 11.7 Å². The second-order valence-electron chi connectivity index (χ2n) is 2.55. The van der Waals surface area contributed by atoms with Gasteiger partial charge in [-0.3, -0.25) is 10.1 Å². The first-order chi connectivity index (χ1) is 6.86. The lowest BCUT2D eigenvalue weighted by Crippen LogP contribution is -2.00. The molecule has 15 heavy (non-hydrogen) atoms. The van der Waals surface area contributed by atoms with Crippen LogP contribution in [0.5, 0.6) is 17.2 Å². The number of aromatic hydroxyl groups is 3. The van der Waals surface area contributed by atoms with Gasteiger partial charge in [0.1, 0.15) is 5.56 Å². The van der Waals surface area contributed by atoms with Gasteiger partial charge in [-0.2, -0.15) is 0 Å². The van der Waals surface area contributed by atoms with Gasteiger partial charge in [-0.05, 0) is 0 Å². The third-order valence-electron chi connectivity index (χ3n) is 1.64. The zero-order valence-electron chi connectivity index (χ0n) is 7.04. The highest BCUT2D eigenvalue weighted by atomic mass is 16.6. The van der Waals surface area contributed by atoms with Crippen LogP contribution in [-0.4, -0.2) is 31.3 Å². The molecule has 0 spiro atoms. The van der Waals surface area contributed by atoms with Crippen molar-refractivity contribution in [3.05, 3.63) is 21.7 Å². The Bertz CT molecular complexity index is 453. The van der Waals surface area contributed by atoms with Gasteiger partial charge >= 0.3 is 11.7 Å². The standard InChI is InChI=1S/C7H5NO7/c9-3-1-2(7(12)13)5(10)4(6(3)11)8(14)15/h1,9-11H,(H,12,13). The molecule has 0 bridgehead atoms. The van der Waals surface area contributed by atoms with Crippen molar-refractivity contribution in [2.45, 2.75) is 0 Å². The van der Waals surface area contributed by atoms with Gasteiger partial charge in [0, 0.05) is 6.07 Å². The monoisotopic (exact) mass is 215 g/mol. The van der Waals surface area contributed by atoms with Crippen LogP contribution < -0.4 is 0 Å². The van der Waals surface area contributed by atoms with Gasteiger partial charge in [0.05, 0.1) is 4.92 Å². The Morgan fingerprint density at radius 1 is 1.27 bits per heavy atom. The molecule has 0 aliphatic heterocycles. The molecule has 8 heteroatoms. The fourth-order valence-electron chi connectivity index (χ4n) is 0.970. The normalized spacial score (nSPS) is 9.87. The molecular formula is C7H5NO7. The van der Waals surface area contributed by atoms with Crippen LogP contribution in [0.3, 0.4) is 0 Å². The molecule has 1 aromatic carbocycles. The van der Waals surface area contributed by atoms with Gasteiger partial charge in [-0.25, -0.2) is 4.79 Å². The van der Waals surface area contributed by atoms with E-state index in [0.29, 0.717) is 6.07 Å². The summed E-state index contributed by atoms with van der Waals surface area (Å²) in [5.41, 5.74) is -2.11. The number of carboxylic acids is 1.